The largest absolute Gasteiger partial charge is 0.550 e. The van der Waals surface area contributed by atoms with Gasteiger partial charge in [-0.2, -0.15) is 0 Å². The summed E-state index contributed by atoms with van der Waals surface area (Å²) in [7, 11) is 1.49. The number of nitrogens with two attached hydrogens (primary N) is 1. The fraction of sp³-hybridized carbons (Fsp3) is 0.250. The number of carboxylic acids is 1. The average Bonchev–Trinajstić information content (AvgIpc) is 2.45. The molecule has 0 radical (unpaired) electrons. The van der Waals surface area contributed by atoms with E-state index in [1.807, 2.05) is 19.9 Å². The molecular formula is C16H18N3O3-. The monoisotopic (exact) mass is 300 g/mol. The van der Waals surface area contributed by atoms with Gasteiger partial charge < -0.3 is 25.7 Å². The van der Waals surface area contributed by atoms with Crippen molar-refractivity contribution in [1.29, 1.82) is 0 Å². The van der Waals surface area contributed by atoms with Crippen molar-refractivity contribution in [3.8, 4) is 5.75 Å². The summed E-state index contributed by atoms with van der Waals surface area (Å²) in [5.74, 6) is -0.122. The number of benzene rings is 1. The first kappa shape index (κ1) is 15.6. The molecule has 0 aliphatic carbocycles. The van der Waals surface area contributed by atoms with Crippen molar-refractivity contribution in [2.75, 3.05) is 18.2 Å². The minimum absolute atomic E-state index is 0.201. The van der Waals surface area contributed by atoms with Crippen LogP contribution in [0.15, 0.2) is 24.3 Å². The van der Waals surface area contributed by atoms with Gasteiger partial charge in [-0.1, -0.05) is 6.07 Å². The first-order chi connectivity index (χ1) is 10.4. The molecule has 0 amide bonds. The van der Waals surface area contributed by atoms with Crippen LogP contribution in [-0.2, 0) is 11.2 Å². The standard InChI is InChI=1S/C16H19N3O3/c1-9-6-10(2)18-16(15(9)17)19-12-5-4-11(7-14(20)21)13(8-12)22-3/h4-6,8H,7,17H2,1-3H3,(H,18,19)(H,20,21)/p-1. The molecule has 3 N–H and O–H groups in total. The van der Waals surface area contributed by atoms with Crippen LogP contribution in [0.4, 0.5) is 17.2 Å². The molecular weight excluding hydrogens is 282 g/mol. The molecule has 116 valence electrons. The fourth-order valence-corrected chi connectivity index (χ4v) is 2.20. The Bertz CT molecular complexity index is 714. The zero-order chi connectivity index (χ0) is 16.3. The molecule has 0 bridgehead atoms. The van der Waals surface area contributed by atoms with E-state index in [0.717, 1.165) is 11.3 Å². The van der Waals surface area contributed by atoms with Gasteiger partial charge in [-0.3, -0.25) is 0 Å². The van der Waals surface area contributed by atoms with Gasteiger partial charge in [0.15, 0.2) is 5.82 Å². The number of anilines is 3. The van der Waals surface area contributed by atoms with Crippen molar-refractivity contribution >= 4 is 23.2 Å². The maximum Gasteiger partial charge on any atom is 0.154 e. The Labute approximate surface area is 128 Å². The number of ether oxygens (including phenoxy) is 1. The SMILES string of the molecule is COc1cc(Nc2nc(C)cc(C)c2N)ccc1CC(=O)[O-]. The van der Waals surface area contributed by atoms with Gasteiger partial charge in [-0.15, -0.1) is 0 Å². The Morgan fingerprint density at radius 2 is 2.09 bits per heavy atom. The molecule has 0 atom stereocenters. The number of methoxy groups -OCH3 is 1. The predicted octanol–water partition coefficient (Wildman–Crippen LogP) is 1.33. The summed E-state index contributed by atoms with van der Waals surface area (Å²) in [5, 5.41) is 13.9. The van der Waals surface area contributed by atoms with Gasteiger partial charge in [0.1, 0.15) is 5.75 Å². The maximum absolute atomic E-state index is 10.7. The topological polar surface area (TPSA) is 100 Å². The molecule has 1 aromatic heterocycles. The molecule has 0 saturated carbocycles. The predicted molar refractivity (Wildman–Crippen MR) is 83.1 cm³/mol. The lowest BCUT2D eigenvalue weighted by molar-refractivity contribution is -0.304. The number of rotatable bonds is 5. The van der Waals surface area contributed by atoms with E-state index < -0.39 is 5.97 Å². The normalized spacial score (nSPS) is 10.3. The van der Waals surface area contributed by atoms with Gasteiger partial charge in [0.2, 0.25) is 0 Å². The number of pyridine rings is 1. The lowest BCUT2D eigenvalue weighted by Crippen LogP contribution is -2.24. The highest BCUT2D eigenvalue weighted by Crippen LogP contribution is 2.28. The molecule has 0 aliphatic heterocycles. The van der Waals surface area contributed by atoms with Gasteiger partial charge in [0.25, 0.3) is 0 Å². The second-order valence-corrected chi connectivity index (χ2v) is 5.04. The number of nitrogens with zero attached hydrogens (tertiary/aromatic N) is 1. The molecule has 0 fully saturated rings. The smallest absolute Gasteiger partial charge is 0.154 e. The van der Waals surface area contributed by atoms with Crippen LogP contribution in [-0.4, -0.2) is 18.1 Å². The number of nitrogen functional groups attached to an aromatic ring is 1. The lowest BCUT2D eigenvalue weighted by atomic mass is 10.1. The van der Waals surface area contributed by atoms with Gasteiger partial charge in [0.05, 0.1) is 12.8 Å². The zero-order valence-electron chi connectivity index (χ0n) is 12.8. The molecule has 2 rings (SSSR count). The summed E-state index contributed by atoms with van der Waals surface area (Å²) < 4.78 is 5.22. The number of aliphatic carboxylic acids is 1. The van der Waals surface area contributed by atoms with Crippen LogP contribution in [0.2, 0.25) is 0 Å². The molecule has 1 heterocycles. The van der Waals surface area contributed by atoms with Crippen LogP contribution in [0.25, 0.3) is 0 Å². The molecule has 6 nitrogen and oxygen atoms in total. The second-order valence-electron chi connectivity index (χ2n) is 5.04. The molecule has 0 unspecified atom stereocenters. The molecule has 1 aromatic carbocycles. The Kier molecular flexibility index (Phi) is 4.50. The molecule has 0 spiro atoms. The van der Waals surface area contributed by atoms with Crippen molar-refractivity contribution in [1.82, 2.24) is 4.98 Å². The number of aromatic nitrogens is 1. The number of aryl methyl sites for hydroxylation is 2. The Balaban J connectivity index is 2.33. The number of carbonyl (C=O) groups is 1. The third-order valence-electron chi connectivity index (χ3n) is 3.28. The van der Waals surface area contributed by atoms with E-state index in [1.54, 1.807) is 18.2 Å². The summed E-state index contributed by atoms with van der Waals surface area (Å²) in [5.41, 5.74) is 9.65. The molecule has 0 aliphatic rings. The van der Waals surface area contributed by atoms with E-state index in [0.29, 0.717) is 28.5 Å². The van der Waals surface area contributed by atoms with Crippen molar-refractivity contribution in [2.45, 2.75) is 20.3 Å². The summed E-state index contributed by atoms with van der Waals surface area (Å²) in [6.07, 6.45) is -0.201. The number of hydrogen-bond donors (Lipinski definition) is 2. The highest BCUT2D eigenvalue weighted by molar-refractivity contribution is 5.74. The van der Waals surface area contributed by atoms with E-state index in [9.17, 15) is 9.90 Å². The van der Waals surface area contributed by atoms with Gasteiger partial charge in [-0.25, -0.2) is 4.98 Å². The molecule has 0 saturated heterocycles. The van der Waals surface area contributed by atoms with Gasteiger partial charge >= 0.3 is 0 Å². The molecule has 22 heavy (non-hydrogen) atoms. The van der Waals surface area contributed by atoms with Crippen molar-refractivity contribution in [3.63, 3.8) is 0 Å². The van der Waals surface area contributed by atoms with E-state index in [4.69, 9.17) is 10.5 Å². The fourth-order valence-electron chi connectivity index (χ4n) is 2.20. The van der Waals surface area contributed by atoms with Crippen molar-refractivity contribution in [3.05, 3.63) is 41.1 Å². The van der Waals surface area contributed by atoms with Crippen LogP contribution >= 0.6 is 0 Å². The second kappa shape index (κ2) is 6.34. The van der Waals surface area contributed by atoms with Crippen LogP contribution in [0.5, 0.6) is 5.75 Å². The maximum atomic E-state index is 10.7. The summed E-state index contributed by atoms with van der Waals surface area (Å²) in [4.78, 5) is 15.1. The molecule has 6 heteroatoms. The average molecular weight is 300 g/mol. The third-order valence-corrected chi connectivity index (χ3v) is 3.28. The van der Waals surface area contributed by atoms with Crippen molar-refractivity contribution < 1.29 is 14.6 Å². The summed E-state index contributed by atoms with van der Waals surface area (Å²) >= 11 is 0. The van der Waals surface area contributed by atoms with Crippen LogP contribution in [0.3, 0.4) is 0 Å². The zero-order valence-corrected chi connectivity index (χ0v) is 12.8. The summed E-state index contributed by atoms with van der Waals surface area (Å²) in [6.45, 7) is 3.81. The minimum atomic E-state index is -1.15. The van der Waals surface area contributed by atoms with Crippen LogP contribution in [0, 0.1) is 13.8 Å². The number of nitrogens with one attached hydrogen (secondary N) is 1. The van der Waals surface area contributed by atoms with Crippen molar-refractivity contribution in [2.24, 2.45) is 0 Å². The molecule has 2 aromatic rings. The Hall–Kier alpha value is -2.76. The minimum Gasteiger partial charge on any atom is -0.550 e. The highest BCUT2D eigenvalue weighted by Gasteiger charge is 2.09. The van der Waals surface area contributed by atoms with E-state index in [-0.39, 0.29) is 6.42 Å². The Morgan fingerprint density at radius 3 is 2.73 bits per heavy atom. The number of carboxylic acid groups (broad SMARTS) is 1. The quantitative estimate of drug-likeness (QED) is 0.864. The Morgan fingerprint density at radius 1 is 1.36 bits per heavy atom. The number of carbonyl (C=O) groups excluding carboxylic acids is 1. The van der Waals surface area contributed by atoms with Crippen LogP contribution < -0.4 is 20.9 Å². The van der Waals surface area contributed by atoms with E-state index in [1.165, 1.54) is 7.11 Å². The first-order valence-electron chi connectivity index (χ1n) is 6.78. The van der Waals surface area contributed by atoms with E-state index in [2.05, 4.69) is 10.3 Å². The first-order valence-corrected chi connectivity index (χ1v) is 6.78. The van der Waals surface area contributed by atoms with E-state index >= 15 is 0 Å². The lowest BCUT2D eigenvalue weighted by Gasteiger charge is -2.14. The van der Waals surface area contributed by atoms with Crippen LogP contribution in [0.1, 0.15) is 16.8 Å². The number of hydrogen-bond acceptors (Lipinski definition) is 6. The third kappa shape index (κ3) is 3.46. The van der Waals surface area contributed by atoms with Gasteiger partial charge in [-0.05, 0) is 37.1 Å². The highest BCUT2D eigenvalue weighted by atomic mass is 16.5. The van der Waals surface area contributed by atoms with Gasteiger partial charge in [0, 0.05) is 29.8 Å². The summed E-state index contributed by atoms with van der Waals surface area (Å²) in [6, 6.07) is 7.04.